The second kappa shape index (κ2) is 11.3. The minimum atomic E-state index is -0.735. The molecule has 0 saturated carbocycles. The maximum Gasteiger partial charge on any atom is 0.338 e. The topological polar surface area (TPSA) is 26.3 Å². The van der Waals surface area contributed by atoms with Crippen LogP contribution in [-0.4, -0.2) is 12.6 Å². The maximum atomic E-state index is 12.9. The number of esters is 1. The van der Waals surface area contributed by atoms with Crippen LogP contribution in [0.5, 0.6) is 0 Å². The van der Waals surface area contributed by atoms with Gasteiger partial charge in [-0.2, -0.15) is 0 Å². The molecular formula is C13H19Cl2FO2. The van der Waals surface area contributed by atoms with Crippen molar-refractivity contribution < 1.29 is 13.9 Å². The lowest BCUT2D eigenvalue weighted by Gasteiger charge is -2.03. The summed E-state index contributed by atoms with van der Waals surface area (Å²) < 4.78 is 17.6. The smallest absolute Gasteiger partial charge is 0.338 e. The molecule has 0 saturated heterocycles. The lowest BCUT2D eigenvalue weighted by atomic mass is 10.2. The van der Waals surface area contributed by atoms with Crippen LogP contribution in [0.2, 0.25) is 10.0 Å². The fraction of sp³-hybridized carbons (Fsp3) is 0.462. The number of ether oxygens (including phenoxy) is 1. The number of carbonyl (C=O) groups is 1. The average molecular weight is 297 g/mol. The van der Waals surface area contributed by atoms with Gasteiger partial charge in [0.2, 0.25) is 0 Å². The van der Waals surface area contributed by atoms with Crippen molar-refractivity contribution in [1.29, 1.82) is 0 Å². The molecule has 0 bridgehead atoms. The predicted octanol–water partition coefficient (Wildman–Crippen LogP) is 5.36. The van der Waals surface area contributed by atoms with Crippen LogP contribution in [0.3, 0.4) is 0 Å². The first-order valence-electron chi connectivity index (χ1n) is 5.88. The Morgan fingerprint density at radius 1 is 1.17 bits per heavy atom. The molecule has 0 aliphatic heterocycles. The lowest BCUT2D eigenvalue weighted by Crippen LogP contribution is -2.04. The summed E-state index contributed by atoms with van der Waals surface area (Å²) in [5.74, 6) is -1.31. The lowest BCUT2D eigenvalue weighted by molar-refractivity contribution is 0.0526. The molecule has 0 spiro atoms. The Morgan fingerprint density at radius 2 is 1.56 bits per heavy atom. The minimum Gasteiger partial charge on any atom is -0.462 e. The van der Waals surface area contributed by atoms with Crippen molar-refractivity contribution in [3.05, 3.63) is 33.6 Å². The van der Waals surface area contributed by atoms with Crippen molar-refractivity contribution in [1.82, 2.24) is 0 Å². The summed E-state index contributed by atoms with van der Waals surface area (Å²) in [5, 5.41) is -0.388. The van der Waals surface area contributed by atoms with Gasteiger partial charge in [-0.15, -0.1) is 0 Å². The second-order valence-corrected chi connectivity index (χ2v) is 3.29. The first kappa shape index (κ1) is 19.5. The van der Waals surface area contributed by atoms with E-state index in [-0.39, 0.29) is 22.2 Å². The van der Waals surface area contributed by atoms with Crippen LogP contribution in [0, 0.1) is 5.82 Å². The molecule has 0 N–H and O–H groups in total. The molecule has 18 heavy (non-hydrogen) atoms. The van der Waals surface area contributed by atoms with Gasteiger partial charge >= 0.3 is 5.97 Å². The molecule has 1 aromatic carbocycles. The van der Waals surface area contributed by atoms with E-state index in [1.54, 1.807) is 6.92 Å². The highest BCUT2D eigenvalue weighted by molar-refractivity contribution is 6.35. The molecule has 5 heteroatoms. The van der Waals surface area contributed by atoms with E-state index in [1.807, 2.05) is 27.7 Å². The van der Waals surface area contributed by atoms with Gasteiger partial charge < -0.3 is 4.74 Å². The van der Waals surface area contributed by atoms with Crippen LogP contribution in [-0.2, 0) is 4.74 Å². The molecule has 0 aliphatic carbocycles. The average Bonchev–Trinajstić information content (AvgIpc) is 2.40. The van der Waals surface area contributed by atoms with Crippen molar-refractivity contribution in [2.75, 3.05) is 6.61 Å². The molecule has 0 heterocycles. The summed E-state index contributed by atoms with van der Waals surface area (Å²) >= 11 is 11.0. The first-order valence-corrected chi connectivity index (χ1v) is 6.63. The van der Waals surface area contributed by atoms with E-state index in [4.69, 9.17) is 27.9 Å². The largest absolute Gasteiger partial charge is 0.462 e. The van der Waals surface area contributed by atoms with E-state index in [0.717, 1.165) is 0 Å². The van der Waals surface area contributed by atoms with Crippen molar-refractivity contribution in [3.63, 3.8) is 0 Å². The summed E-state index contributed by atoms with van der Waals surface area (Å²) in [7, 11) is 0. The zero-order chi connectivity index (χ0) is 14.7. The quantitative estimate of drug-likeness (QED) is 0.542. The van der Waals surface area contributed by atoms with Gasteiger partial charge in [-0.3, -0.25) is 0 Å². The van der Waals surface area contributed by atoms with Gasteiger partial charge in [0.05, 0.1) is 22.2 Å². The highest BCUT2D eigenvalue weighted by Crippen LogP contribution is 2.24. The molecule has 1 aromatic rings. The standard InChI is InChI=1S/C9H7Cl2FO2.2C2H6/c1-2-14-9(13)5-3-6(10)8(12)7(11)4-5;2*1-2/h3-4H,2H2,1H3;2*1-2H3. The Bertz CT molecular complexity index is 345. The van der Waals surface area contributed by atoms with Crippen LogP contribution < -0.4 is 0 Å². The van der Waals surface area contributed by atoms with Gasteiger partial charge in [0.1, 0.15) is 0 Å². The van der Waals surface area contributed by atoms with E-state index in [0.29, 0.717) is 0 Å². The van der Waals surface area contributed by atoms with Crippen molar-refractivity contribution >= 4 is 29.2 Å². The molecule has 0 aliphatic rings. The van der Waals surface area contributed by atoms with E-state index in [2.05, 4.69) is 0 Å². The highest BCUT2D eigenvalue weighted by atomic mass is 35.5. The third-order valence-electron chi connectivity index (χ3n) is 1.49. The van der Waals surface area contributed by atoms with Crippen molar-refractivity contribution in [3.8, 4) is 0 Å². The number of carbonyl (C=O) groups excluding carboxylic acids is 1. The number of rotatable bonds is 2. The molecule has 2 nitrogen and oxygen atoms in total. The van der Waals surface area contributed by atoms with Gasteiger partial charge in [-0.25, -0.2) is 9.18 Å². The van der Waals surface area contributed by atoms with Crippen LogP contribution in [0.15, 0.2) is 12.1 Å². The van der Waals surface area contributed by atoms with Crippen LogP contribution >= 0.6 is 23.2 Å². The molecule has 0 unspecified atom stereocenters. The van der Waals surface area contributed by atoms with Crippen molar-refractivity contribution in [2.24, 2.45) is 0 Å². The number of halogens is 3. The van der Waals surface area contributed by atoms with E-state index < -0.39 is 11.8 Å². The zero-order valence-corrected chi connectivity index (χ0v) is 12.8. The van der Waals surface area contributed by atoms with E-state index in [1.165, 1.54) is 12.1 Å². The number of hydrogen-bond donors (Lipinski definition) is 0. The van der Waals surface area contributed by atoms with Gasteiger partial charge in [0.15, 0.2) is 5.82 Å². The summed E-state index contributed by atoms with van der Waals surface area (Å²) in [4.78, 5) is 11.2. The van der Waals surface area contributed by atoms with Gasteiger partial charge in [-0.1, -0.05) is 50.9 Å². The van der Waals surface area contributed by atoms with Crippen LogP contribution in [0.4, 0.5) is 4.39 Å². The zero-order valence-electron chi connectivity index (χ0n) is 11.3. The first-order chi connectivity index (χ1) is 8.56. The number of benzene rings is 1. The molecule has 0 fully saturated rings. The van der Waals surface area contributed by atoms with Crippen molar-refractivity contribution in [2.45, 2.75) is 34.6 Å². The highest BCUT2D eigenvalue weighted by Gasteiger charge is 2.13. The monoisotopic (exact) mass is 296 g/mol. The molecule has 1 rings (SSSR count). The Hall–Kier alpha value is -0.800. The summed E-state index contributed by atoms with van der Waals surface area (Å²) in [6.07, 6.45) is 0. The fourth-order valence-electron chi connectivity index (χ4n) is 0.888. The second-order valence-electron chi connectivity index (χ2n) is 2.47. The SMILES string of the molecule is CC.CC.CCOC(=O)c1cc(Cl)c(F)c(Cl)c1. The molecule has 0 atom stereocenters. The summed E-state index contributed by atoms with van der Waals surface area (Å²) in [6, 6.07) is 2.36. The number of hydrogen-bond acceptors (Lipinski definition) is 2. The molecule has 104 valence electrons. The maximum absolute atomic E-state index is 12.9. The van der Waals surface area contributed by atoms with Gasteiger partial charge in [-0.05, 0) is 19.1 Å². The minimum absolute atomic E-state index is 0.142. The molecular weight excluding hydrogens is 278 g/mol. The Balaban J connectivity index is 0. The third-order valence-corrected chi connectivity index (χ3v) is 2.05. The van der Waals surface area contributed by atoms with Gasteiger partial charge in [0, 0.05) is 0 Å². The normalized spacial score (nSPS) is 8.44. The van der Waals surface area contributed by atoms with Crippen LogP contribution in [0.25, 0.3) is 0 Å². The summed E-state index contributed by atoms with van der Waals surface area (Å²) in [6.45, 7) is 9.91. The predicted molar refractivity (Wildman–Crippen MR) is 75.1 cm³/mol. The Kier molecular flexibility index (Phi) is 12.3. The van der Waals surface area contributed by atoms with E-state index in [9.17, 15) is 9.18 Å². The summed E-state index contributed by atoms with van der Waals surface area (Å²) in [5.41, 5.74) is 0.142. The molecule has 0 aromatic heterocycles. The Labute approximate surface area is 118 Å². The van der Waals surface area contributed by atoms with E-state index >= 15 is 0 Å². The fourth-order valence-corrected chi connectivity index (χ4v) is 1.37. The van der Waals surface area contributed by atoms with Crippen LogP contribution in [0.1, 0.15) is 45.0 Å². The molecule has 0 amide bonds. The third kappa shape index (κ3) is 6.22. The van der Waals surface area contributed by atoms with Gasteiger partial charge in [0.25, 0.3) is 0 Å². The Morgan fingerprint density at radius 3 is 1.89 bits per heavy atom. The molecule has 0 radical (unpaired) electrons.